The second-order valence-corrected chi connectivity index (χ2v) is 7.41. The molecule has 0 radical (unpaired) electrons. The summed E-state index contributed by atoms with van der Waals surface area (Å²) < 4.78 is 23.8. The van der Waals surface area contributed by atoms with Crippen LogP contribution in [0.4, 0.5) is 4.39 Å². The molecule has 4 aromatic rings. The lowest BCUT2D eigenvalue weighted by Crippen LogP contribution is -2.26. The Bertz CT molecular complexity index is 1310. The van der Waals surface area contributed by atoms with Crippen molar-refractivity contribution in [2.24, 2.45) is 0 Å². The number of aryl methyl sites for hydroxylation is 1. The first-order valence-corrected chi connectivity index (χ1v) is 9.96. The number of furan rings is 1. The number of methoxy groups -OCH3 is 1. The van der Waals surface area contributed by atoms with Crippen molar-refractivity contribution in [2.45, 2.75) is 13.5 Å². The van der Waals surface area contributed by atoms with Gasteiger partial charge in [0.1, 0.15) is 22.9 Å². The highest BCUT2D eigenvalue weighted by Gasteiger charge is 2.21. The zero-order valence-corrected chi connectivity index (χ0v) is 17.9. The fourth-order valence-electron chi connectivity index (χ4n) is 3.57. The van der Waals surface area contributed by atoms with Crippen molar-refractivity contribution in [3.63, 3.8) is 0 Å². The number of hydrogen-bond donors (Lipinski definition) is 0. The molecule has 0 bridgehead atoms. The summed E-state index contributed by atoms with van der Waals surface area (Å²) in [5.41, 5.74) is 2.73. The lowest BCUT2D eigenvalue weighted by atomic mass is 10.0. The molecule has 0 saturated heterocycles. The SMILES string of the molecule is COC(=O)c1cc(CN(C)C(=O)c2cc(-c3ccc(F)cc3)nc3ccccc23)oc1C. The molecule has 162 valence electrons. The summed E-state index contributed by atoms with van der Waals surface area (Å²) >= 11 is 0. The number of ether oxygens (including phenoxy) is 1. The minimum atomic E-state index is -0.490. The van der Waals surface area contributed by atoms with E-state index in [1.165, 1.54) is 24.1 Å². The number of benzene rings is 2. The Balaban J connectivity index is 1.69. The van der Waals surface area contributed by atoms with Crippen LogP contribution in [0.2, 0.25) is 0 Å². The van der Waals surface area contributed by atoms with Crippen molar-refractivity contribution in [3.05, 3.63) is 89.1 Å². The van der Waals surface area contributed by atoms with Gasteiger partial charge in [0, 0.05) is 18.0 Å². The van der Waals surface area contributed by atoms with Gasteiger partial charge in [-0.2, -0.15) is 0 Å². The minimum Gasteiger partial charge on any atom is -0.465 e. The Morgan fingerprint density at radius 2 is 1.78 bits per heavy atom. The molecule has 2 heterocycles. The lowest BCUT2D eigenvalue weighted by molar-refractivity contribution is 0.0598. The van der Waals surface area contributed by atoms with Crippen LogP contribution in [0.3, 0.4) is 0 Å². The van der Waals surface area contributed by atoms with Crippen molar-refractivity contribution in [3.8, 4) is 11.3 Å². The number of carbonyl (C=O) groups is 2. The fraction of sp³-hybridized carbons (Fsp3) is 0.160. The summed E-state index contributed by atoms with van der Waals surface area (Å²) in [6.45, 7) is 1.84. The van der Waals surface area contributed by atoms with Crippen LogP contribution in [-0.4, -0.2) is 35.9 Å². The molecule has 0 spiro atoms. The zero-order valence-electron chi connectivity index (χ0n) is 17.9. The summed E-state index contributed by atoms with van der Waals surface area (Å²) in [6.07, 6.45) is 0. The molecule has 0 aliphatic rings. The largest absolute Gasteiger partial charge is 0.465 e. The van der Waals surface area contributed by atoms with Gasteiger partial charge in [-0.15, -0.1) is 0 Å². The second kappa shape index (κ2) is 8.63. The van der Waals surface area contributed by atoms with Gasteiger partial charge in [-0.1, -0.05) is 18.2 Å². The molecule has 0 saturated carbocycles. The predicted molar refractivity (Wildman–Crippen MR) is 118 cm³/mol. The maximum Gasteiger partial charge on any atom is 0.341 e. The monoisotopic (exact) mass is 432 g/mol. The number of esters is 1. The molecule has 2 aromatic carbocycles. The molecular weight excluding hydrogens is 411 g/mol. The van der Waals surface area contributed by atoms with Gasteiger partial charge in [0.15, 0.2) is 0 Å². The maximum absolute atomic E-state index is 13.4. The quantitative estimate of drug-likeness (QED) is 0.415. The van der Waals surface area contributed by atoms with E-state index in [2.05, 4.69) is 4.98 Å². The standard InChI is InChI=1S/C25H21FN2O4/c1-15-20(25(30)31-3)12-18(32-15)14-28(2)24(29)21-13-23(16-8-10-17(26)11-9-16)27-22-7-5-4-6-19(21)22/h4-13H,14H2,1-3H3. The number of para-hydroxylation sites is 1. The van der Waals surface area contributed by atoms with Crippen molar-refractivity contribution in [2.75, 3.05) is 14.2 Å². The molecule has 1 amide bonds. The fourth-order valence-corrected chi connectivity index (χ4v) is 3.57. The van der Waals surface area contributed by atoms with Crippen molar-refractivity contribution in [1.82, 2.24) is 9.88 Å². The van der Waals surface area contributed by atoms with E-state index in [4.69, 9.17) is 9.15 Å². The first-order chi connectivity index (χ1) is 15.4. The molecule has 4 rings (SSSR count). The van der Waals surface area contributed by atoms with Crippen molar-refractivity contribution in [1.29, 1.82) is 0 Å². The van der Waals surface area contributed by atoms with E-state index in [0.29, 0.717) is 44.8 Å². The number of halogens is 1. The van der Waals surface area contributed by atoms with Crippen LogP contribution >= 0.6 is 0 Å². The van der Waals surface area contributed by atoms with E-state index >= 15 is 0 Å². The molecule has 6 nitrogen and oxygen atoms in total. The molecule has 7 heteroatoms. The third-order valence-corrected chi connectivity index (χ3v) is 5.20. The van der Waals surface area contributed by atoms with Crippen LogP contribution in [0.1, 0.15) is 32.2 Å². The number of hydrogen-bond acceptors (Lipinski definition) is 5. The number of carbonyl (C=O) groups excluding carboxylic acids is 2. The molecule has 0 atom stereocenters. The smallest absolute Gasteiger partial charge is 0.341 e. The number of amides is 1. The number of aromatic nitrogens is 1. The molecular formula is C25H21FN2O4. The molecule has 0 aliphatic heterocycles. The van der Waals surface area contributed by atoms with Crippen molar-refractivity contribution < 1.29 is 23.1 Å². The maximum atomic E-state index is 13.4. The summed E-state index contributed by atoms with van der Waals surface area (Å²) in [5, 5.41) is 0.709. The van der Waals surface area contributed by atoms with Crippen LogP contribution in [0.25, 0.3) is 22.2 Å². The Morgan fingerprint density at radius 1 is 1.06 bits per heavy atom. The summed E-state index contributed by atoms with van der Waals surface area (Å²) in [5.74, 6) is -0.168. The Labute approximate surface area is 184 Å². The molecule has 0 aliphatic carbocycles. The van der Waals surface area contributed by atoms with E-state index in [-0.39, 0.29) is 18.3 Å². The molecule has 32 heavy (non-hydrogen) atoms. The highest BCUT2D eigenvalue weighted by molar-refractivity contribution is 6.07. The van der Waals surface area contributed by atoms with Gasteiger partial charge in [0.25, 0.3) is 5.91 Å². The average molecular weight is 432 g/mol. The van der Waals surface area contributed by atoms with E-state index < -0.39 is 5.97 Å². The van der Waals surface area contributed by atoms with E-state index in [1.54, 1.807) is 38.2 Å². The van der Waals surface area contributed by atoms with Gasteiger partial charge in [-0.3, -0.25) is 4.79 Å². The van der Waals surface area contributed by atoms with Crippen LogP contribution in [0, 0.1) is 12.7 Å². The number of rotatable bonds is 5. The third-order valence-electron chi connectivity index (χ3n) is 5.20. The molecule has 0 fully saturated rings. The summed E-state index contributed by atoms with van der Waals surface area (Å²) in [7, 11) is 2.96. The first-order valence-electron chi connectivity index (χ1n) is 9.96. The lowest BCUT2D eigenvalue weighted by Gasteiger charge is -2.18. The van der Waals surface area contributed by atoms with E-state index in [0.717, 1.165) is 0 Å². The summed E-state index contributed by atoms with van der Waals surface area (Å²) in [6, 6.07) is 16.6. The molecule has 2 aromatic heterocycles. The van der Waals surface area contributed by atoms with Gasteiger partial charge >= 0.3 is 5.97 Å². The van der Waals surface area contributed by atoms with Gasteiger partial charge < -0.3 is 14.1 Å². The minimum absolute atomic E-state index is 0.166. The van der Waals surface area contributed by atoms with Gasteiger partial charge in [0.05, 0.1) is 30.4 Å². The van der Waals surface area contributed by atoms with Crippen LogP contribution in [-0.2, 0) is 11.3 Å². The second-order valence-electron chi connectivity index (χ2n) is 7.41. The Hall–Kier alpha value is -4.00. The summed E-state index contributed by atoms with van der Waals surface area (Å²) in [4.78, 5) is 31.4. The number of nitrogens with zero attached hydrogens (tertiary/aromatic N) is 2. The van der Waals surface area contributed by atoms with Crippen molar-refractivity contribution >= 4 is 22.8 Å². The Kier molecular flexibility index (Phi) is 5.73. The van der Waals surface area contributed by atoms with E-state index in [9.17, 15) is 14.0 Å². The average Bonchev–Trinajstić information content (AvgIpc) is 3.17. The molecule has 0 N–H and O–H groups in total. The van der Waals surface area contributed by atoms with Crippen LogP contribution in [0.5, 0.6) is 0 Å². The molecule has 0 unspecified atom stereocenters. The highest BCUT2D eigenvalue weighted by atomic mass is 19.1. The van der Waals surface area contributed by atoms with E-state index in [1.807, 2.05) is 24.3 Å². The number of pyridine rings is 1. The third kappa shape index (κ3) is 4.09. The van der Waals surface area contributed by atoms with Gasteiger partial charge in [-0.25, -0.2) is 14.2 Å². The topological polar surface area (TPSA) is 72.6 Å². The van der Waals surface area contributed by atoms with Crippen LogP contribution < -0.4 is 0 Å². The van der Waals surface area contributed by atoms with Crippen LogP contribution in [0.15, 0.2) is 65.1 Å². The van der Waals surface area contributed by atoms with Gasteiger partial charge in [0.2, 0.25) is 0 Å². The van der Waals surface area contributed by atoms with Gasteiger partial charge in [-0.05, 0) is 49.4 Å². The highest BCUT2D eigenvalue weighted by Crippen LogP contribution is 2.26. The Morgan fingerprint density at radius 3 is 2.50 bits per heavy atom. The first kappa shape index (κ1) is 21.2. The number of fused-ring (bicyclic) bond motifs is 1. The normalized spacial score (nSPS) is 10.9. The zero-order chi connectivity index (χ0) is 22.8. The predicted octanol–water partition coefficient (Wildman–Crippen LogP) is 5.00.